The summed E-state index contributed by atoms with van der Waals surface area (Å²) in [4.78, 5) is 12.8. The number of aromatic nitrogens is 3. The molecule has 8 nitrogen and oxygen atoms in total. The number of carbonyl (C=O) groups is 1. The van der Waals surface area contributed by atoms with Crippen molar-refractivity contribution in [2.75, 3.05) is 24.2 Å². The molecule has 32 heavy (non-hydrogen) atoms. The molecular formula is C22H25N5O3S2. The van der Waals surface area contributed by atoms with Gasteiger partial charge in [-0.15, -0.1) is 10.2 Å². The fraction of sp³-hybridized carbons (Fsp3) is 0.318. The van der Waals surface area contributed by atoms with Crippen molar-refractivity contribution >= 4 is 33.4 Å². The van der Waals surface area contributed by atoms with Crippen molar-refractivity contribution in [1.29, 1.82) is 0 Å². The molecule has 1 aliphatic heterocycles. The summed E-state index contributed by atoms with van der Waals surface area (Å²) in [5, 5.41) is 11.8. The van der Waals surface area contributed by atoms with E-state index in [9.17, 15) is 13.2 Å². The average Bonchev–Trinajstić information content (AvgIpc) is 3.44. The monoisotopic (exact) mass is 471 g/mol. The van der Waals surface area contributed by atoms with Gasteiger partial charge in [0.25, 0.3) is 0 Å². The minimum absolute atomic E-state index is 0.118. The molecular weight excluding hydrogens is 446 g/mol. The Morgan fingerprint density at radius 3 is 2.56 bits per heavy atom. The van der Waals surface area contributed by atoms with Crippen molar-refractivity contribution in [3.63, 3.8) is 0 Å². The van der Waals surface area contributed by atoms with E-state index in [0.29, 0.717) is 23.9 Å². The molecule has 0 spiro atoms. The second-order valence-electron chi connectivity index (χ2n) is 7.63. The van der Waals surface area contributed by atoms with E-state index in [1.165, 1.54) is 22.1 Å². The van der Waals surface area contributed by atoms with E-state index < -0.39 is 10.0 Å². The minimum atomic E-state index is -3.53. The van der Waals surface area contributed by atoms with Gasteiger partial charge in [0.1, 0.15) is 5.82 Å². The third-order valence-electron chi connectivity index (χ3n) is 5.30. The molecule has 2 heterocycles. The summed E-state index contributed by atoms with van der Waals surface area (Å²) >= 11 is 1.28. The third-order valence-corrected chi connectivity index (χ3v) is 8.13. The second-order valence-corrected chi connectivity index (χ2v) is 10.5. The lowest BCUT2D eigenvalue weighted by Crippen LogP contribution is -2.28. The first-order valence-electron chi connectivity index (χ1n) is 10.4. The van der Waals surface area contributed by atoms with Crippen molar-refractivity contribution in [2.45, 2.75) is 36.7 Å². The highest BCUT2D eigenvalue weighted by molar-refractivity contribution is 7.99. The number of hydrogen-bond acceptors (Lipinski definition) is 6. The zero-order chi connectivity index (χ0) is 22.7. The molecule has 3 aromatic rings. The van der Waals surface area contributed by atoms with Crippen LogP contribution in [0.1, 0.15) is 24.2 Å². The summed E-state index contributed by atoms with van der Waals surface area (Å²) in [7, 11) is -3.53. The normalized spacial score (nSPS) is 14.6. The van der Waals surface area contributed by atoms with Crippen molar-refractivity contribution < 1.29 is 13.2 Å². The summed E-state index contributed by atoms with van der Waals surface area (Å²) in [6.45, 7) is 4.96. The smallest absolute Gasteiger partial charge is 0.243 e. The number of rotatable bonds is 7. The minimum Gasteiger partial charge on any atom is -0.325 e. The molecule has 0 aliphatic carbocycles. The van der Waals surface area contributed by atoms with E-state index >= 15 is 0 Å². The maximum absolute atomic E-state index is 12.8. The van der Waals surface area contributed by atoms with Gasteiger partial charge in [0, 0.05) is 18.8 Å². The van der Waals surface area contributed by atoms with Gasteiger partial charge in [0.05, 0.1) is 16.3 Å². The predicted molar refractivity (Wildman–Crippen MR) is 125 cm³/mol. The van der Waals surface area contributed by atoms with Gasteiger partial charge in [-0.1, -0.05) is 36.0 Å². The Morgan fingerprint density at radius 1 is 1.06 bits per heavy atom. The van der Waals surface area contributed by atoms with Crippen LogP contribution in [0.5, 0.6) is 0 Å². The van der Waals surface area contributed by atoms with Crippen LogP contribution in [0.25, 0.3) is 5.69 Å². The van der Waals surface area contributed by atoms with E-state index in [1.807, 2.05) is 42.7 Å². The van der Waals surface area contributed by atoms with E-state index in [4.69, 9.17) is 0 Å². The molecule has 1 saturated heterocycles. The molecule has 10 heteroatoms. The topological polar surface area (TPSA) is 97.2 Å². The van der Waals surface area contributed by atoms with E-state index in [1.54, 1.807) is 18.2 Å². The maximum Gasteiger partial charge on any atom is 0.243 e. The highest BCUT2D eigenvalue weighted by Gasteiger charge is 2.27. The fourth-order valence-electron chi connectivity index (χ4n) is 3.67. The molecule has 1 amide bonds. The van der Waals surface area contributed by atoms with Crippen molar-refractivity contribution in [2.24, 2.45) is 0 Å². The number of para-hydroxylation sites is 1. The molecule has 0 unspecified atom stereocenters. The van der Waals surface area contributed by atoms with Crippen molar-refractivity contribution in [3.8, 4) is 5.69 Å². The van der Waals surface area contributed by atoms with Crippen LogP contribution in [0.2, 0.25) is 0 Å². The van der Waals surface area contributed by atoms with Gasteiger partial charge in [0.15, 0.2) is 5.16 Å². The van der Waals surface area contributed by atoms with Crippen LogP contribution in [-0.4, -0.2) is 52.2 Å². The number of nitrogens with one attached hydrogen (secondary N) is 1. The standard InChI is InChI=1S/C22H25N5O3S2/c1-16-8-3-4-11-20(16)27-17(2)24-25-22(27)31-15-21(28)23-18-9-7-10-19(14-18)32(29,30)26-12-5-6-13-26/h3-4,7-11,14H,5-6,12-13,15H2,1-2H3,(H,23,28). The van der Waals surface area contributed by atoms with Crippen LogP contribution < -0.4 is 5.32 Å². The van der Waals surface area contributed by atoms with Gasteiger partial charge in [0.2, 0.25) is 15.9 Å². The second kappa shape index (κ2) is 9.43. The van der Waals surface area contributed by atoms with Gasteiger partial charge in [-0.2, -0.15) is 4.31 Å². The lowest BCUT2D eigenvalue weighted by molar-refractivity contribution is -0.113. The largest absolute Gasteiger partial charge is 0.325 e. The lowest BCUT2D eigenvalue weighted by atomic mass is 10.2. The molecule has 2 aromatic carbocycles. The molecule has 168 valence electrons. The van der Waals surface area contributed by atoms with Crippen LogP contribution >= 0.6 is 11.8 Å². The molecule has 1 aliphatic rings. The number of carbonyl (C=O) groups excluding carboxylic acids is 1. The van der Waals surface area contributed by atoms with Gasteiger partial charge in [-0.25, -0.2) is 8.42 Å². The summed E-state index contributed by atoms with van der Waals surface area (Å²) in [5.41, 5.74) is 2.50. The van der Waals surface area contributed by atoms with Crippen molar-refractivity contribution in [1.82, 2.24) is 19.1 Å². The Kier molecular flexibility index (Phi) is 6.63. The number of nitrogens with zero attached hydrogens (tertiary/aromatic N) is 4. The number of anilines is 1. The van der Waals surface area contributed by atoms with Crippen LogP contribution in [-0.2, 0) is 14.8 Å². The summed E-state index contributed by atoms with van der Waals surface area (Å²) in [6.07, 6.45) is 1.75. The number of hydrogen-bond donors (Lipinski definition) is 1. The average molecular weight is 472 g/mol. The Labute approximate surface area is 192 Å². The molecule has 1 fully saturated rings. The molecule has 4 rings (SSSR count). The van der Waals surface area contributed by atoms with Crippen LogP contribution in [0.3, 0.4) is 0 Å². The highest BCUT2D eigenvalue weighted by atomic mass is 32.2. The Bertz CT molecular complexity index is 1230. The quantitative estimate of drug-likeness (QED) is 0.531. The van der Waals surface area contributed by atoms with E-state index in [2.05, 4.69) is 15.5 Å². The van der Waals surface area contributed by atoms with Gasteiger partial charge in [-0.05, 0) is 56.5 Å². The molecule has 1 aromatic heterocycles. The number of thioether (sulfide) groups is 1. The summed E-state index contributed by atoms with van der Waals surface area (Å²) in [6, 6.07) is 14.3. The SMILES string of the molecule is Cc1ccccc1-n1c(C)nnc1SCC(=O)Nc1cccc(S(=O)(=O)N2CCCC2)c1. The Hall–Kier alpha value is -2.69. The van der Waals surface area contributed by atoms with Gasteiger partial charge >= 0.3 is 0 Å². The number of aryl methyl sites for hydroxylation is 2. The first-order valence-corrected chi connectivity index (χ1v) is 12.8. The number of sulfonamides is 1. The number of benzene rings is 2. The summed E-state index contributed by atoms with van der Waals surface area (Å²) in [5.74, 6) is 0.609. The van der Waals surface area contributed by atoms with Crippen LogP contribution in [0.15, 0.2) is 58.6 Å². The summed E-state index contributed by atoms with van der Waals surface area (Å²) < 4.78 is 29.0. The maximum atomic E-state index is 12.8. The van der Waals surface area contributed by atoms with Crippen LogP contribution in [0.4, 0.5) is 5.69 Å². The zero-order valence-electron chi connectivity index (χ0n) is 18.0. The molecule has 0 bridgehead atoms. The van der Waals surface area contributed by atoms with Crippen molar-refractivity contribution in [3.05, 3.63) is 59.9 Å². The fourth-order valence-corrected chi connectivity index (χ4v) is 6.02. The first kappa shape index (κ1) is 22.5. The molecule has 0 atom stereocenters. The zero-order valence-corrected chi connectivity index (χ0v) is 19.6. The first-order chi connectivity index (χ1) is 15.4. The molecule has 0 radical (unpaired) electrons. The van der Waals surface area contributed by atoms with Gasteiger partial charge < -0.3 is 5.32 Å². The van der Waals surface area contributed by atoms with Gasteiger partial charge in [-0.3, -0.25) is 9.36 Å². The molecule has 1 N–H and O–H groups in total. The Balaban J connectivity index is 1.44. The number of amides is 1. The van der Waals surface area contributed by atoms with E-state index in [0.717, 1.165) is 29.9 Å². The lowest BCUT2D eigenvalue weighted by Gasteiger charge is -2.16. The third kappa shape index (κ3) is 4.72. The predicted octanol–water partition coefficient (Wildman–Crippen LogP) is 3.40. The highest BCUT2D eigenvalue weighted by Crippen LogP contribution is 2.25. The molecule has 0 saturated carbocycles. The van der Waals surface area contributed by atoms with E-state index in [-0.39, 0.29) is 16.6 Å². The van der Waals surface area contributed by atoms with Crippen LogP contribution in [0, 0.1) is 13.8 Å². The Morgan fingerprint density at radius 2 is 1.81 bits per heavy atom.